The molecule has 0 radical (unpaired) electrons. The van der Waals surface area contributed by atoms with Crippen molar-refractivity contribution in [3.8, 4) is 5.82 Å². The summed E-state index contributed by atoms with van der Waals surface area (Å²) in [5.41, 5.74) is 3.22. The number of imidazole rings is 1. The normalized spacial score (nSPS) is 10.5. The van der Waals surface area contributed by atoms with Crippen molar-refractivity contribution in [3.05, 3.63) is 84.7 Å². The van der Waals surface area contributed by atoms with Gasteiger partial charge in [-0.2, -0.15) is 0 Å². The fourth-order valence-corrected chi connectivity index (χ4v) is 3.04. The minimum absolute atomic E-state index is 0.151. The highest BCUT2D eigenvalue weighted by molar-refractivity contribution is 6.04. The van der Waals surface area contributed by atoms with Gasteiger partial charge in [0.1, 0.15) is 23.8 Å². The zero-order chi connectivity index (χ0) is 21.8. The highest BCUT2D eigenvalue weighted by Crippen LogP contribution is 2.20. The maximum atomic E-state index is 12.5. The van der Waals surface area contributed by atoms with Crippen LogP contribution in [0.15, 0.2) is 73.3 Å². The van der Waals surface area contributed by atoms with E-state index >= 15 is 0 Å². The predicted octanol–water partition coefficient (Wildman–Crippen LogP) is 4.03. The Morgan fingerprint density at radius 1 is 0.968 bits per heavy atom. The second kappa shape index (κ2) is 8.66. The van der Waals surface area contributed by atoms with Crippen molar-refractivity contribution in [3.63, 3.8) is 0 Å². The van der Waals surface area contributed by atoms with E-state index < -0.39 is 0 Å². The Bertz CT molecular complexity index is 1170. The average molecular weight is 413 g/mol. The van der Waals surface area contributed by atoms with E-state index in [1.165, 1.54) is 0 Å². The molecule has 2 aromatic heterocycles. The number of amides is 1. The van der Waals surface area contributed by atoms with Crippen molar-refractivity contribution in [1.82, 2.24) is 19.5 Å². The fraction of sp³-hybridized carbons (Fsp3) is 0.130. The fourth-order valence-electron chi connectivity index (χ4n) is 3.04. The van der Waals surface area contributed by atoms with Crippen LogP contribution in [0.2, 0.25) is 0 Å². The third-order valence-corrected chi connectivity index (χ3v) is 4.65. The summed E-state index contributed by atoms with van der Waals surface area (Å²) in [7, 11) is 3.93. The number of hydrogen-bond acceptors (Lipinski definition) is 6. The Kier molecular flexibility index (Phi) is 5.61. The zero-order valence-corrected chi connectivity index (χ0v) is 17.6. The lowest BCUT2D eigenvalue weighted by Crippen LogP contribution is -2.13. The molecule has 0 bridgehead atoms. The van der Waals surface area contributed by atoms with E-state index in [1.807, 2.05) is 91.3 Å². The van der Waals surface area contributed by atoms with Gasteiger partial charge in [-0.1, -0.05) is 0 Å². The third-order valence-electron chi connectivity index (χ3n) is 4.65. The van der Waals surface area contributed by atoms with Gasteiger partial charge in [-0.3, -0.25) is 9.36 Å². The van der Waals surface area contributed by atoms with Gasteiger partial charge in [0.25, 0.3) is 5.91 Å². The maximum absolute atomic E-state index is 12.5. The lowest BCUT2D eigenvalue weighted by molar-refractivity contribution is 0.102. The Labute approximate surface area is 180 Å². The molecule has 8 nitrogen and oxygen atoms in total. The number of aryl methyl sites for hydroxylation is 1. The van der Waals surface area contributed by atoms with Gasteiger partial charge in [0.05, 0.1) is 0 Å². The van der Waals surface area contributed by atoms with Crippen molar-refractivity contribution in [2.75, 3.05) is 29.6 Å². The standard InChI is InChI=1S/C23H23N7O/c1-16-25-21(14-22(26-16)30-13-12-24-15-30)27-18-6-8-19(9-7-18)28-23(31)17-4-10-20(11-5-17)29(2)3/h4-15H,1-3H3,(H,28,31)(H,25,26,27). The molecule has 0 fully saturated rings. The molecule has 8 heteroatoms. The molecular formula is C23H23N7O. The summed E-state index contributed by atoms with van der Waals surface area (Å²) in [6.45, 7) is 1.84. The third kappa shape index (κ3) is 4.87. The van der Waals surface area contributed by atoms with Gasteiger partial charge in [0.2, 0.25) is 0 Å². The van der Waals surface area contributed by atoms with Gasteiger partial charge in [0, 0.05) is 55.2 Å². The first-order valence-electron chi connectivity index (χ1n) is 9.78. The molecule has 0 aliphatic heterocycles. The van der Waals surface area contributed by atoms with Gasteiger partial charge < -0.3 is 15.5 Å². The van der Waals surface area contributed by atoms with E-state index in [0.717, 1.165) is 17.2 Å². The van der Waals surface area contributed by atoms with Gasteiger partial charge in [-0.15, -0.1) is 0 Å². The Morgan fingerprint density at radius 2 is 1.68 bits per heavy atom. The number of anilines is 4. The second-order valence-electron chi connectivity index (χ2n) is 7.23. The van der Waals surface area contributed by atoms with Gasteiger partial charge in [-0.25, -0.2) is 15.0 Å². The Hall–Kier alpha value is -4.20. The molecule has 4 rings (SSSR count). The summed E-state index contributed by atoms with van der Waals surface area (Å²) in [5.74, 6) is 1.91. The van der Waals surface area contributed by atoms with Crippen molar-refractivity contribution in [2.45, 2.75) is 6.92 Å². The average Bonchev–Trinajstić information content (AvgIpc) is 3.30. The van der Waals surface area contributed by atoms with Crippen LogP contribution in [0.3, 0.4) is 0 Å². The molecule has 0 saturated heterocycles. The van der Waals surface area contributed by atoms with Crippen LogP contribution in [0.4, 0.5) is 22.9 Å². The first kappa shape index (κ1) is 20.1. The summed E-state index contributed by atoms with van der Waals surface area (Å²) < 4.78 is 1.82. The van der Waals surface area contributed by atoms with Crippen molar-refractivity contribution in [2.24, 2.45) is 0 Å². The molecule has 0 aliphatic carbocycles. The van der Waals surface area contributed by atoms with Crippen molar-refractivity contribution >= 4 is 28.8 Å². The van der Waals surface area contributed by atoms with Crippen LogP contribution in [0.25, 0.3) is 5.82 Å². The molecule has 156 valence electrons. The lowest BCUT2D eigenvalue weighted by atomic mass is 10.2. The molecule has 31 heavy (non-hydrogen) atoms. The van der Waals surface area contributed by atoms with Crippen molar-refractivity contribution < 1.29 is 4.79 Å². The van der Waals surface area contributed by atoms with Crippen LogP contribution in [-0.2, 0) is 0 Å². The maximum Gasteiger partial charge on any atom is 0.255 e. The summed E-state index contributed by atoms with van der Waals surface area (Å²) in [6.07, 6.45) is 5.22. The number of rotatable bonds is 6. The highest BCUT2D eigenvalue weighted by atomic mass is 16.1. The number of carbonyl (C=O) groups is 1. The van der Waals surface area contributed by atoms with E-state index in [9.17, 15) is 4.79 Å². The van der Waals surface area contributed by atoms with E-state index in [4.69, 9.17) is 0 Å². The zero-order valence-electron chi connectivity index (χ0n) is 17.6. The predicted molar refractivity (Wildman–Crippen MR) is 122 cm³/mol. The van der Waals surface area contributed by atoms with Crippen LogP contribution >= 0.6 is 0 Å². The molecule has 2 aromatic carbocycles. The van der Waals surface area contributed by atoms with Crippen LogP contribution in [0, 0.1) is 6.92 Å². The van der Waals surface area contributed by atoms with E-state index in [1.54, 1.807) is 12.5 Å². The number of carbonyl (C=O) groups excluding carboxylic acids is 1. The van der Waals surface area contributed by atoms with Crippen LogP contribution in [0.1, 0.15) is 16.2 Å². The largest absolute Gasteiger partial charge is 0.378 e. The van der Waals surface area contributed by atoms with Gasteiger partial charge in [-0.05, 0) is 55.5 Å². The summed E-state index contributed by atoms with van der Waals surface area (Å²) >= 11 is 0. The number of hydrogen-bond donors (Lipinski definition) is 2. The van der Waals surface area contributed by atoms with E-state index in [-0.39, 0.29) is 5.91 Å². The van der Waals surface area contributed by atoms with Gasteiger partial charge >= 0.3 is 0 Å². The number of benzene rings is 2. The molecule has 0 aliphatic rings. The minimum Gasteiger partial charge on any atom is -0.378 e. The highest BCUT2D eigenvalue weighted by Gasteiger charge is 2.08. The first-order chi connectivity index (χ1) is 15.0. The molecule has 0 spiro atoms. The SMILES string of the molecule is Cc1nc(Nc2ccc(NC(=O)c3ccc(N(C)C)cc3)cc2)cc(-n2ccnc2)n1. The number of aromatic nitrogens is 4. The minimum atomic E-state index is -0.151. The monoisotopic (exact) mass is 413 g/mol. The summed E-state index contributed by atoms with van der Waals surface area (Å²) in [6, 6.07) is 16.8. The van der Waals surface area contributed by atoms with Crippen LogP contribution in [-0.4, -0.2) is 39.5 Å². The van der Waals surface area contributed by atoms with E-state index in [2.05, 4.69) is 25.6 Å². The quantitative estimate of drug-likeness (QED) is 0.496. The second-order valence-corrected chi connectivity index (χ2v) is 7.23. The molecule has 0 unspecified atom stereocenters. The van der Waals surface area contributed by atoms with Crippen LogP contribution in [0.5, 0.6) is 0 Å². The summed E-state index contributed by atoms with van der Waals surface area (Å²) in [4.78, 5) is 27.4. The molecule has 2 heterocycles. The number of nitrogens with zero attached hydrogens (tertiary/aromatic N) is 5. The molecular weight excluding hydrogens is 390 g/mol. The van der Waals surface area contributed by atoms with Crippen molar-refractivity contribution in [1.29, 1.82) is 0 Å². The first-order valence-corrected chi connectivity index (χ1v) is 9.78. The molecule has 2 N–H and O–H groups in total. The molecule has 1 amide bonds. The number of nitrogens with one attached hydrogen (secondary N) is 2. The Morgan fingerprint density at radius 3 is 2.32 bits per heavy atom. The molecule has 0 saturated carbocycles. The van der Waals surface area contributed by atoms with Gasteiger partial charge in [0.15, 0.2) is 0 Å². The Balaban J connectivity index is 1.43. The smallest absolute Gasteiger partial charge is 0.255 e. The lowest BCUT2D eigenvalue weighted by Gasteiger charge is -2.13. The van der Waals surface area contributed by atoms with E-state index in [0.29, 0.717) is 22.9 Å². The summed E-state index contributed by atoms with van der Waals surface area (Å²) in [5, 5.41) is 6.19. The molecule has 0 atom stereocenters. The topological polar surface area (TPSA) is 88.0 Å². The molecule has 4 aromatic rings. The van der Waals surface area contributed by atoms with Crippen LogP contribution < -0.4 is 15.5 Å².